The molecule has 0 spiro atoms. The maximum absolute atomic E-state index is 13.4. The van der Waals surface area contributed by atoms with Crippen molar-refractivity contribution >= 4 is 43.2 Å². The molecular formula is C20H13BrF2N2O3S. The van der Waals surface area contributed by atoms with Crippen LogP contribution in [0, 0.1) is 11.6 Å². The van der Waals surface area contributed by atoms with E-state index in [0.717, 1.165) is 20.9 Å². The summed E-state index contributed by atoms with van der Waals surface area (Å²) in [6, 6.07) is 14.5. The Balaban J connectivity index is 1.72. The lowest BCUT2D eigenvalue weighted by Gasteiger charge is -2.31. The number of nitrogens with one attached hydrogen (secondary N) is 1. The first-order valence-electron chi connectivity index (χ1n) is 8.44. The topological polar surface area (TPSA) is 66.5 Å². The molecule has 0 aromatic heterocycles. The van der Waals surface area contributed by atoms with Crippen molar-refractivity contribution < 1.29 is 22.0 Å². The lowest BCUT2D eigenvalue weighted by molar-refractivity contribution is -0.114. The number of rotatable bonds is 3. The number of benzene rings is 3. The largest absolute Gasteiger partial charge is 0.324 e. The van der Waals surface area contributed by atoms with Crippen LogP contribution in [0.4, 0.5) is 20.2 Å². The van der Waals surface area contributed by atoms with Crippen molar-refractivity contribution in [3.05, 3.63) is 76.8 Å². The van der Waals surface area contributed by atoms with Crippen LogP contribution in [-0.2, 0) is 14.8 Å². The lowest BCUT2D eigenvalue weighted by Crippen LogP contribution is -2.40. The van der Waals surface area contributed by atoms with Crippen molar-refractivity contribution in [2.75, 3.05) is 16.2 Å². The van der Waals surface area contributed by atoms with Gasteiger partial charge in [-0.2, -0.15) is 0 Å². The molecule has 9 heteroatoms. The van der Waals surface area contributed by atoms with E-state index in [4.69, 9.17) is 0 Å². The van der Waals surface area contributed by atoms with Crippen LogP contribution >= 0.6 is 15.9 Å². The molecule has 1 N–H and O–H groups in total. The minimum Gasteiger partial charge on any atom is -0.324 e. The van der Waals surface area contributed by atoms with Gasteiger partial charge in [-0.15, -0.1) is 0 Å². The van der Waals surface area contributed by atoms with E-state index in [2.05, 4.69) is 21.2 Å². The summed E-state index contributed by atoms with van der Waals surface area (Å²) in [5, 5.41) is 2.40. The van der Waals surface area contributed by atoms with Gasteiger partial charge in [0.2, 0.25) is 5.91 Å². The maximum Gasteiger partial charge on any atom is 0.265 e. The number of nitrogens with zero attached hydrogens (tertiary/aromatic N) is 1. The molecule has 1 heterocycles. The average Bonchev–Trinajstić information content (AvgIpc) is 2.68. The van der Waals surface area contributed by atoms with Gasteiger partial charge < -0.3 is 5.32 Å². The van der Waals surface area contributed by atoms with Crippen LogP contribution in [0.5, 0.6) is 0 Å². The van der Waals surface area contributed by atoms with E-state index in [9.17, 15) is 22.0 Å². The third-order valence-electron chi connectivity index (χ3n) is 4.46. The van der Waals surface area contributed by atoms with E-state index in [1.54, 1.807) is 36.4 Å². The van der Waals surface area contributed by atoms with E-state index >= 15 is 0 Å². The Bertz CT molecular complexity index is 1250. The van der Waals surface area contributed by atoms with Gasteiger partial charge in [0, 0.05) is 27.4 Å². The number of sulfonamides is 1. The number of carbonyl (C=O) groups excluding carboxylic acids is 1. The minimum absolute atomic E-state index is 0.0275. The highest BCUT2D eigenvalue weighted by molar-refractivity contribution is 9.10. The van der Waals surface area contributed by atoms with Crippen molar-refractivity contribution in [3.8, 4) is 11.1 Å². The van der Waals surface area contributed by atoms with E-state index in [-0.39, 0.29) is 10.6 Å². The monoisotopic (exact) mass is 478 g/mol. The molecule has 0 radical (unpaired) electrons. The summed E-state index contributed by atoms with van der Waals surface area (Å²) in [6.07, 6.45) is 0. The standard InChI is InChI=1S/C20H13BrF2N2O3S/c21-12-5-8-18-15(9-12)14-3-1-2-4-19(14)29(27,28)25(18)11-20(26)24-13-6-7-16(22)17(23)10-13/h1-10H,11H2,(H,24,26). The first-order chi connectivity index (χ1) is 13.8. The van der Waals surface area contributed by atoms with Gasteiger partial charge in [0.25, 0.3) is 10.0 Å². The summed E-state index contributed by atoms with van der Waals surface area (Å²) in [6.45, 7) is -0.524. The van der Waals surface area contributed by atoms with Gasteiger partial charge in [0.15, 0.2) is 11.6 Å². The SMILES string of the molecule is O=C(CN1c2ccc(Br)cc2-c2ccccc2S1(=O)=O)Nc1ccc(F)c(F)c1. The molecule has 29 heavy (non-hydrogen) atoms. The molecule has 0 bridgehead atoms. The number of hydrogen-bond acceptors (Lipinski definition) is 3. The normalized spacial score (nSPS) is 14.1. The molecule has 0 saturated carbocycles. The molecule has 4 rings (SSSR count). The van der Waals surface area contributed by atoms with Crippen LogP contribution in [0.15, 0.2) is 70.0 Å². The van der Waals surface area contributed by atoms with Gasteiger partial charge in [-0.1, -0.05) is 34.1 Å². The predicted octanol–water partition coefficient (Wildman–Crippen LogP) is 4.54. The Morgan fingerprint density at radius 3 is 2.48 bits per heavy atom. The molecule has 0 fully saturated rings. The Morgan fingerprint density at radius 1 is 0.966 bits per heavy atom. The molecular weight excluding hydrogens is 466 g/mol. The quantitative estimate of drug-likeness (QED) is 0.600. The smallest absolute Gasteiger partial charge is 0.265 e. The Hall–Kier alpha value is -2.78. The summed E-state index contributed by atoms with van der Waals surface area (Å²) >= 11 is 3.39. The third-order valence-corrected chi connectivity index (χ3v) is 6.77. The van der Waals surface area contributed by atoms with Crippen molar-refractivity contribution in [2.24, 2.45) is 0 Å². The second-order valence-corrected chi connectivity index (χ2v) is 9.09. The zero-order valence-electron chi connectivity index (χ0n) is 14.7. The fourth-order valence-electron chi connectivity index (χ4n) is 3.18. The Morgan fingerprint density at radius 2 is 1.72 bits per heavy atom. The Kier molecular flexibility index (Phi) is 4.87. The number of fused-ring (bicyclic) bond motifs is 3. The molecule has 0 aliphatic carbocycles. The molecule has 3 aromatic rings. The first kappa shape index (κ1) is 19.5. The molecule has 0 unspecified atom stereocenters. The summed E-state index contributed by atoms with van der Waals surface area (Å²) in [5.74, 6) is -2.84. The van der Waals surface area contributed by atoms with Gasteiger partial charge in [-0.3, -0.25) is 9.10 Å². The van der Waals surface area contributed by atoms with E-state index in [1.165, 1.54) is 12.1 Å². The maximum atomic E-state index is 13.4. The second kappa shape index (κ2) is 7.23. The van der Waals surface area contributed by atoms with Gasteiger partial charge in [0.1, 0.15) is 6.54 Å². The molecule has 1 amide bonds. The molecule has 1 aliphatic rings. The summed E-state index contributed by atoms with van der Waals surface area (Å²) in [4.78, 5) is 12.6. The van der Waals surface area contributed by atoms with Crippen LogP contribution in [0.3, 0.4) is 0 Å². The van der Waals surface area contributed by atoms with Crippen LogP contribution in [0.2, 0.25) is 0 Å². The predicted molar refractivity (Wildman–Crippen MR) is 109 cm³/mol. The van der Waals surface area contributed by atoms with Gasteiger partial charge in [-0.05, 0) is 36.4 Å². The number of anilines is 2. The van der Waals surface area contributed by atoms with Crippen molar-refractivity contribution in [2.45, 2.75) is 4.90 Å². The van der Waals surface area contributed by atoms with Crippen LogP contribution in [0.25, 0.3) is 11.1 Å². The van der Waals surface area contributed by atoms with Gasteiger partial charge in [-0.25, -0.2) is 17.2 Å². The molecule has 0 saturated heterocycles. The minimum atomic E-state index is -3.99. The van der Waals surface area contributed by atoms with Gasteiger partial charge in [0.05, 0.1) is 10.6 Å². The highest BCUT2D eigenvalue weighted by atomic mass is 79.9. The summed E-state index contributed by atoms with van der Waals surface area (Å²) in [7, 11) is -3.99. The fourth-order valence-corrected chi connectivity index (χ4v) is 5.19. The van der Waals surface area contributed by atoms with E-state index < -0.39 is 34.1 Å². The first-order valence-corrected chi connectivity index (χ1v) is 10.7. The summed E-state index contributed by atoms with van der Waals surface area (Å²) in [5.41, 5.74) is 1.58. The Labute approximate surface area is 174 Å². The van der Waals surface area contributed by atoms with Crippen molar-refractivity contribution in [3.63, 3.8) is 0 Å². The molecule has 5 nitrogen and oxygen atoms in total. The van der Waals surface area contributed by atoms with E-state index in [1.807, 2.05) is 0 Å². The zero-order chi connectivity index (χ0) is 20.8. The highest BCUT2D eigenvalue weighted by Crippen LogP contribution is 2.43. The molecule has 1 aliphatic heterocycles. The van der Waals surface area contributed by atoms with Crippen molar-refractivity contribution in [1.29, 1.82) is 0 Å². The van der Waals surface area contributed by atoms with Crippen LogP contribution in [0.1, 0.15) is 0 Å². The fraction of sp³-hybridized carbons (Fsp3) is 0.0500. The number of halogens is 3. The average molecular weight is 479 g/mol. The lowest BCUT2D eigenvalue weighted by atomic mass is 10.0. The molecule has 0 atom stereocenters. The molecule has 3 aromatic carbocycles. The van der Waals surface area contributed by atoms with E-state index in [0.29, 0.717) is 16.8 Å². The summed E-state index contributed by atoms with van der Waals surface area (Å²) < 4.78 is 54.5. The zero-order valence-corrected chi connectivity index (χ0v) is 17.1. The van der Waals surface area contributed by atoms with Crippen molar-refractivity contribution in [1.82, 2.24) is 0 Å². The number of carbonyl (C=O) groups is 1. The van der Waals surface area contributed by atoms with Crippen LogP contribution < -0.4 is 9.62 Å². The second-order valence-electron chi connectivity index (χ2n) is 6.35. The van der Waals surface area contributed by atoms with Crippen LogP contribution in [-0.4, -0.2) is 20.9 Å². The number of amides is 1. The van der Waals surface area contributed by atoms with Gasteiger partial charge >= 0.3 is 0 Å². The molecule has 148 valence electrons. The highest BCUT2D eigenvalue weighted by Gasteiger charge is 2.35. The number of hydrogen-bond donors (Lipinski definition) is 1. The third kappa shape index (κ3) is 3.51.